The van der Waals surface area contributed by atoms with Crippen LogP contribution in [0.2, 0.25) is 0 Å². The van der Waals surface area contributed by atoms with Gasteiger partial charge < -0.3 is 46.6 Å². The molecule has 33 heavy (non-hydrogen) atoms. The highest BCUT2D eigenvalue weighted by Crippen LogP contribution is 2.38. The number of anilines is 2. The summed E-state index contributed by atoms with van der Waals surface area (Å²) in [6.07, 6.45) is -5.65. The number of hydrogen-bond acceptors (Lipinski definition) is 9. The van der Waals surface area contributed by atoms with Crippen LogP contribution in [-0.2, 0) is 9.59 Å². The molecule has 0 aliphatic heterocycles. The van der Waals surface area contributed by atoms with E-state index in [-0.39, 0.29) is 23.9 Å². The van der Waals surface area contributed by atoms with Crippen molar-refractivity contribution in [3.05, 3.63) is 16.3 Å². The molecule has 188 valence electrons. The van der Waals surface area contributed by atoms with Crippen LogP contribution in [0.1, 0.15) is 24.2 Å². The molecule has 0 radical (unpaired) electrons. The molecule has 1 aromatic carbocycles. The van der Waals surface area contributed by atoms with Gasteiger partial charge in [0.15, 0.2) is 0 Å². The number of hydrogen-bond donors (Lipinski definition) is 9. The average molecular weight is 809 g/mol. The molecule has 0 heterocycles. The first-order valence-corrected chi connectivity index (χ1v) is 12.4. The molecule has 0 aliphatic carbocycles. The second-order valence-electron chi connectivity index (χ2n) is 6.59. The van der Waals surface area contributed by atoms with E-state index in [9.17, 15) is 24.6 Å². The molecule has 0 fully saturated rings. The number of benzene rings is 1. The smallest absolute Gasteiger partial charge is 0.338 e. The van der Waals surface area contributed by atoms with E-state index in [2.05, 4.69) is 16.0 Å². The molecule has 15 heteroatoms. The van der Waals surface area contributed by atoms with E-state index >= 15 is 0 Å². The van der Waals surface area contributed by atoms with Gasteiger partial charge >= 0.3 is 5.97 Å². The zero-order valence-corrected chi connectivity index (χ0v) is 24.2. The average Bonchev–Trinajstić information content (AvgIpc) is 2.72. The Hall–Kier alpha value is -0.420. The van der Waals surface area contributed by atoms with Gasteiger partial charge in [0.1, 0.15) is 18.3 Å². The molecular formula is C18H26I3N3O9. The Balaban J connectivity index is 0.000000684. The van der Waals surface area contributed by atoms with Crippen molar-refractivity contribution in [2.24, 2.45) is 0 Å². The van der Waals surface area contributed by atoms with Crippen molar-refractivity contribution >= 4 is 96.9 Å². The van der Waals surface area contributed by atoms with Crippen LogP contribution in [0.3, 0.4) is 0 Å². The molecule has 0 saturated carbocycles. The molecule has 0 spiro atoms. The van der Waals surface area contributed by atoms with Crippen LogP contribution < -0.4 is 16.0 Å². The fraction of sp³-hybridized carbons (Fsp3) is 0.500. The number of carbonyl (C=O) groups excluding carboxylic acids is 2. The lowest BCUT2D eigenvalue weighted by Crippen LogP contribution is -2.48. The Kier molecular flexibility index (Phi) is 15.4. The quantitative estimate of drug-likeness (QED) is 0.150. The van der Waals surface area contributed by atoms with Crippen molar-refractivity contribution in [2.45, 2.75) is 38.3 Å². The van der Waals surface area contributed by atoms with Crippen LogP contribution in [0.25, 0.3) is 0 Å². The molecule has 1 aromatic rings. The number of amides is 2. The molecular weight excluding hydrogens is 783 g/mol. The third kappa shape index (κ3) is 9.99. The summed E-state index contributed by atoms with van der Waals surface area (Å²) < 4.78 is 1.44. The van der Waals surface area contributed by atoms with E-state index in [0.29, 0.717) is 22.1 Å². The Labute approximate surface area is 231 Å². The standard InChI is InChI=1S/C11H9I3N2O4.C7H17NO5/c1-3(17)15-9-6(12)5(11(19)20)7(13)10(8(9)14)16-4(2)18;1-8-2-4(10)6(12)7(13)5(11)3-9/h1-2H3,(H,15,17)(H,16,18)(H,19,20);4-13H,2-3H2,1H3/t;4-,5+,6+,7-/m.1/s1. The van der Waals surface area contributed by atoms with E-state index in [1.807, 2.05) is 67.8 Å². The molecule has 12 nitrogen and oxygen atoms in total. The highest BCUT2D eigenvalue weighted by Gasteiger charge is 2.29. The van der Waals surface area contributed by atoms with E-state index in [1.165, 1.54) is 13.8 Å². The second kappa shape index (κ2) is 15.5. The number of carboxylic acids is 1. The minimum atomic E-state index is -1.55. The third-order valence-electron chi connectivity index (χ3n) is 3.87. The molecule has 1 rings (SSSR count). The van der Waals surface area contributed by atoms with Crippen molar-refractivity contribution in [2.75, 3.05) is 30.8 Å². The van der Waals surface area contributed by atoms with Crippen molar-refractivity contribution in [1.82, 2.24) is 5.32 Å². The first-order valence-electron chi connectivity index (χ1n) is 9.17. The molecule has 0 aliphatic rings. The molecule has 0 bridgehead atoms. The monoisotopic (exact) mass is 809 g/mol. The lowest BCUT2D eigenvalue weighted by atomic mass is 10.0. The van der Waals surface area contributed by atoms with Crippen LogP contribution in [0.4, 0.5) is 11.4 Å². The van der Waals surface area contributed by atoms with Gasteiger partial charge in [-0.1, -0.05) is 0 Å². The normalized spacial score (nSPS) is 14.3. The second-order valence-corrected chi connectivity index (χ2v) is 9.83. The van der Waals surface area contributed by atoms with Crippen molar-refractivity contribution in [1.29, 1.82) is 0 Å². The number of nitrogens with one attached hydrogen (secondary N) is 3. The number of aliphatic hydroxyl groups is 5. The summed E-state index contributed by atoms with van der Waals surface area (Å²) in [6, 6.07) is 0. The van der Waals surface area contributed by atoms with Crippen molar-refractivity contribution in [3.8, 4) is 0 Å². The van der Waals surface area contributed by atoms with Crippen LogP contribution in [-0.4, -0.2) is 93.0 Å². The molecule has 9 N–H and O–H groups in total. The zero-order chi connectivity index (χ0) is 26.0. The van der Waals surface area contributed by atoms with Gasteiger partial charge in [0.2, 0.25) is 11.8 Å². The SMILES string of the molecule is CC(=O)Nc1c(I)c(NC(C)=O)c(I)c(C(=O)O)c1I.CNC[C@@H](O)[C@H](O)[C@H](O)[C@@H](O)CO. The Morgan fingerprint density at radius 1 is 0.818 bits per heavy atom. The fourth-order valence-electron chi connectivity index (χ4n) is 2.32. The topological polar surface area (TPSA) is 209 Å². The number of aliphatic hydroxyl groups excluding tert-OH is 5. The summed E-state index contributed by atoms with van der Waals surface area (Å²) in [5.74, 6) is -1.74. The Bertz CT molecular complexity index is 814. The first kappa shape index (κ1) is 32.6. The van der Waals surface area contributed by atoms with Gasteiger partial charge in [0.05, 0.1) is 40.4 Å². The van der Waals surface area contributed by atoms with Gasteiger partial charge in [-0.2, -0.15) is 0 Å². The zero-order valence-electron chi connectivity index (χ0n) is 17.8. The molecule has 2 amide bonds. The summed E-state index contributed by atoms with van der Waals surface area (Å²) in [5.41, 5.74) is 0.833. The summed E-state index contributed by atoms with van der Waals surface area (Å²) in [4.78, 5) is 33.9. The third-order valence-corrected chi connectivity index (χ3v) is 7.11. The van der Waals surface area contributed by atoms with Crippen LogP contribution in [0.5, 0.6) is 0 Å². The number of carboxylic acid groups (broad SMARTS) is 1. The van der Waals surface area contributed by atoms with Gasteiger partial charge in [0, 0.05) is 20.4 Å². The van der Waals surface area contributed by atoms with Crippen molar-refractivity contribution < 1.29 is 45.0 Å². The highest BCUT2D eigenvalue weighted by atomic mass is 127. The summed E-state index contributed by atoms with van der Waals surface area (Å²) in [5, 5.41) is 62.0. The maximum Gasteiger partial charge on any atom is 0.338 e. The van der Waals surface area contributed by atoms with Gasteiger partial charge in [-0.15, -0.1) is 0 Å². The van der Waals surface area contributed by atoms with Gasteiger partial charge in [-0.05, 0) is 74.8 Å². The van der Waals surface area contributed by atoms with Crippen molar-refractivity contribution in [3.63, 3.8) is 0 Å². The number of carbonyl (C=O) groups is 3. The van der Waals surface area contributed by atoms with Gasteiger partial charge in [0.25, 0.3) is 0 Å². The predicted octanol–water partition coefficient (Wildman–Crippen LogP) is -0.243. The maximum atomic E-state index is 11.4. The van der Waals surface area contributed by atoms with Gasteiger partial charge in [-0.3, -0.25) is 9.59 Å². The van der Waals surface area contributed by atoms with Gasteiger partial charge in [-0.25, -0.2) is 4.79 Å². The molecule has 0 saturated heterocycles. The largest absolute Gasteiger partial charge is 0.478 e. The number of aromatic carboxylic acids is 1. The van der Waals surface area contributed by atoms with Crippen LogP contribution in [0.15, 0.2) is 0 Å². The van der Waals surface area contributed by atoms with E-state index in [1.54, 1.807) is 7.05 Å². The van der Waals surface area contributed by atoms with Crippen LogP contribution in [0, 0.1) is 10.7 Å². The number of rotatable bonds is 9. The number of halogens is 3. The molecule has 0 aromatic heterocycles. The van der Waals surface area contributed by atoms with E-state index < -0.39 is 37.0 Å². The van der Waals surface area contributed by atoms with Crippen LogP contribution >= 0.6 is 67.8 Å². The highest BCUT2D eigenvalue weighted by molar-refractivity contribution is 14.1. The summed E-state index contributed by atoms with van der Waals surface area (Å²) >= 11 is 5.71. The lowest BCUT2D eigenvalue weighted by molar-refractivity contribution is -0.115. The summed E-state index contributed by atoms with van der Waals surface area (Å²) in [6.45, 7) is 2.10. The minimum Gasteiger partial charge on any atom is -0.478 e. The minimum absolute atomic E-state index is 0.0547. The maximum absolute atomic E-state index is 11.4. The first-order chi connectivity index (χ1) is 15.2. The Morgan fingerprint density at radius 2 is 1.21 bits per heavy atom. The molecule has 4 atom stereocenters. The summed E-state index contributed by atoms with van der Waals surface area (Å²) in [7, 11) is 1.57. The molecule has 0 unspecified atom stereocenters. The Morgan fingerprint density at radius 3 is 1.52 bits per heavy atom. The predicted molar refractivity (Wildman–Crippen MR) is 145 cm³/mol. The van der Waals surface area contributed by atoms with E-state index in [0.717, 1.165) is 0 Å². The number of likely N-dealkylation sites (N-methyl/N-ethyl adjacent to an activating group) is 1. The van der Waals surface area contributed by atoms with E-state index in [4.69, 9.17) is 20.4 Å². The fourth-order valence-corrected chi connectivity index (χ4v) is 6.48. The lowest BCUT2D eigenvalue weighted by Gasteiger charge is -2.25.